The van der Waals surface area contributed by atoms with E-state index >= 15 is 0 Å². The minimum atomic E-state index is -0.476. The second-order valence-electron chi connectivity index (χ2n) is 4.30. The van der Waals surface area contributed by atoms with Crippen LogP contribution in [0.3, 0.4) is 0 Å². The molecule has 3 N–H and O–H groups in total. The number of benzene rings is 1. The molecule has 1 aromatic rings. The fourth-order valence-electron chi connectivity index (χ4n) is 1.32. The van der Waals surface area contributed by atoms with E-state index in [1.807, 2.05) is 26.8 Å². The summed E-state index contributed by atoms with van der Waals surface area (Å²) >= 11 is 3.34. The van der Waals surface area contributed by atoms with E-state index in [1.54, 1.807) is 6.07 Å². The van der Waals surface area contributed by atoms with Crippen LogP contribution in [0.2, 0.25) is 0 Å². The molecule has 94 valence electrons. The molecule has 0 saturated carbocycles. The van der Waals surface area contributed by atoms with Gasteiger partial charge >= 0.3 is 6.09 Å². The fourth-order valence-corrected chi connectivity index (χ4v) is 1.91. The van der Waals surface area contributed by atoms with Gasteiger partial charge in [-0.05, 0) is 30.5 Å². The molecule has 1 amide bonds. The van der Waals surface area contributed by atoms with E-state index in [0.29, 0.717) is 23.9 Å². The average Bonchev–Trinajstić information content (AvgIpc) is 2.20. The van der Waals surface area contributed by atoms with Crippen LogP contribution in [0.4, 0.5) is 16.2 Å². The molecule has 5 heteroatoms. The third kappa shape index (κ3) is 4.26. The first-order valence-corrected chi connectivity index (χ1v) is 6.19. The van der Waals surface area contributed by atoms with E-state index in [2.05, 4.69) is 21.2 Å². The smallest absolute Gasteiger partial charge is 0.411 e. The Hall–Kier alpha value is -1.23. The molecule has 0 aliphatic rings. The van der Waals surface area contributed by atoms with Crippen LogP contribution in [0, 0.1) is 12.8 Å². The fraction of sp³-hybridized carbons (Fsp3) is 0.417. The molecule has 17 heavy (non-hydrogen) atoms. The number of carbonyl (C=O) groups is 1. The average molecular weight is 301 g/mol. The van der Waals surface area contributed by atoms with Crippen molar-refractivity contribution in [1.82, 2.24) is 0 Å². The summed E-state index contributed by atoms with van der Waals surface area (Å²) in [6.07, 6.45) is -0.476. The molecule has 0 spiro atoms. The molecule has 0 aliphatic carbocycles. The predicted octanol–water partition coefficient (Wildman–Crippen LogP) is 3.54. The number of nitrogens with one attached hydrogen (secondary N) is 1. The number of hydrogen-bond acceptors (Lipinski definition) is 3. The van der Waals surface area contributed by atoms with Crippen molar-refractivity contribution in [2.45, 2.75) is 20.8 Å². The van der Waals surface area contributed by atoms with E-state index in [4.69, 9.17) is 10.5 Å². The van der Waals surface area contributed by atoms with Crippen molar-refractivity contribution >= 4 is 33.4 Å². The maximum Gasteiger partial charge on any atom is 0.411 e. The molecule has 1 aromatic carbocycles. The Morgan fingerprint density at radius 3 is 2.71 bits per heavy atom. The summed E-state index contributed by atoms with van der Waals surface area (Å²) in [6, 6.07) is 3.62. The lowest BCUT2D eigenvalue weighted by molar-refractivity contribution is 0.147. The van der Waals surface area contributed by atoms with Gasteiger partial charge in [0.15, 0.2) is 0 Å². The van der Waals surface area contributed by atoms with E-state index in [1.165, 1.54) is 0 Å². The highest BCUT2D eigenvalue weighted by molar-refractivity contribution is 9.10. The highest BCUT2D eigenvalue weighted by Crippen LogP contribution is 2.27. The maximum atomic E-state index is 11.5. The number of carbonyl (C=O) groups excluding carboxylic acids is 1. The topological polar surface area (TPSA) is 64.3 Å². The Bertz CT molecular complexity index is 396. The van der Waals surface area contributed by atoms with Crippen molar-refractivity contribution in [2.24, 2.45) is 5.92 Å². The van der Waals surface area contributed by atoms with Gasteiger partial charge in [0, 0.05) is 4.47 Å². The number of halogens is 1. The van der Waals surface area contributed by atoms with Gasteiger partial charge in [-0.25, -0.2) is 4.79 Å². The Kier molecular flexibility index (Phi) is 4.81. The van der Waals surface area contributed by atoms with Gasteiger partial charge < -0.3 is 10.5 Å². The SMILES string of the molecule is Cc1cc(Br)cc(N)c1NC(=O)OCC(C)C. The van der Waals surface area contributed by atoms with Gasteiger partial charge in [0.05, 0.1) is 18.0 Å². The third-order valence-electron chi connectivity index (χ3n) is 2.11. The molecule has 0 aromatic heterocycles. The first-order chi connectivity index (χ1) is 7.90. The van der Waals surface area contributed by atoms with Crippen molar-refractivity contribution in [1.29, 1.82) is 0 Å². The summed E-state index contributed by atoms with van der Waals surface area (Å²) in [5.74, 6) is 0.309. The Labute approximate surface area is 110 Å². The van der Waals surface area contributed by atoms with Crippen LogP contribution in [-0.2, 0) is 4.74 Å². The zero-order valence-corrected chi connectivity index (χ0v) is 11.8. The van der Waals surface area contributed by atoms with Crippen LogP contribution in [0.1, 0.15) is 19.4 Å². The van der Waals surface area contributed by atoms with Gasteiger partial charge in [-0.2, -0.15) is 0 Å². The lowest BCUT2D eigenvalue weighted by Crippen LogP contribution is -2.18. The van der Waals surface area contributed by atoms with E-state index < -0.39 is 6.09 Å². The summed E-state index contributed by atoms with van der Waals surface area (Å²) in [4.78, 5) is 11.5. The van der Waals surface area contributed by atoms with E-state index in [9.17, 15) is 4.79 Å². The quantitative estimate of drug-likeness (QED) is 0.839. The molecule has 1 rings (SSSR count). The second-order valence-corrected chi connectivity index (χ2v) is 5.22. The van der Waals surface area contributed by atoms with Crippen LogP contribution in [0.25, 0.3) is 0 Å². The normalized spacial score (nSPS) is 10.4. The summed E-state index contributed by atoms with van der Waals surface area (Å²) in [5, 5.41) is 2.65. The summed E-state index contributed by atoms with van der Waals surface area (Å²) < 4.78 is 5.91. The Morgan fingerprint density at radius 1 is 1.53 bits per heavy atom. The van der Waals surface area contributed by atoms with Gasteiger partial charge in [0.25, 0.3) is 0 Å². The Morgan fingerprint density at radius 2 is 2.18 bits per heavy atom. The van der Waals surface area contributed by atoms with Crippen LogP contribution in [0.5, 0.6) is 0 Å². The van der Waals surface area contributed by atoms with Gasteiger partial charge in [-0.1, -0.05) is 29.8 Å². The molecule has 0 unspecified atom stereocenters. The van der Waals surface area contributed by atoms with Gasteiger partial charge in [0.1, 0.15) is 0 Å². The zero-order chi connectivity index (χ0) is 13.0. The monoisotopic (exact) mass is 300 g/mol. The highest BCUT2D eigenvalue weighted by atomic mass is 79.9. The van der Waals surface area contributed by atoms with E-state index in [-0.39, 0.29) is 0 Å². The molecular weight excluding hydrogens is 284 g/mol. The molecule has 0 heterocycles. The lowest BCUT2D eigenvalue weighted by Gasteiger charge is -2.13. The lowest BCUT2D eigenvalue weighted by atomic mass is 10.2. The molecule has 0 atom stereocenters. The number of anilines is 2. The first-order valence-electron chi connectivity index (χ1n) is 5.39. The Balaban J connectivity index is 2.72. The van der Waals surface area contributed by atoms with Crippen molar-refractivity contribution in [3.05, 3.63) is 22.2 Å². The number of aryl methyl sites for hydroxylation is 1. The summed E-state index contributed by atoms with van der Waals surface area (Å²) in [5.41, 5.74) is 7.82. The molecular formula is C12H17BrN2O2. The largest absolute Gasteiger partial charge is 0.449 e. The number of amides is 1. The summed E-state index contributed by atoms with van der Waals surface area (Å²) in [6.45, 7) is 6.22. The standard InChI is InChI=1S/C12H17BrN2O2/c1-7(2)6-17-12(16)15-11-8(3)4-9(13)5-10(11)14/h4-5,7H,6,14H2,1-3H3,(H,15,16). The molecule has 0 aliphatic heterocycles. The molecule has 0 bridgehead atoms. The minimum Gasteiger partial charge on any atom is -0.449 e. The van der Waals surface area contributed by atoms with Crippen molar-refractivity contribution < 1.29 is 9.53 Å². The van der Waals surface area contributed by atoms with Crippen molar-refractivity contribution in [3.8, 4) is 0 Å². The number of nitrogens with two attached hydrogens (primary N) is 1. The molecule has 0 fully saturated rings. The molecule has 0 saturated heterocycles. The highest BCUT2D eigenvalue weighted by Gasteiger charge is 2.10. The number of nitrogen functional groups attached to an aromatic ring is 1. The van der Waals surface area contributed by atoms with Crippen molar-refractivity contribution in [3.63, 3.8) is 0 Å². The van der Waals surface area contributed by atoms with Gasteiger partial charge in [0.2, 0.25) is 0 Å². The van der Waals surface area contributed by atoms with Crippen LogP contribution in [0.15, 0.2) is 16.6 Å². The van der Waals surface area contributed by atoms with E-state index in [0.717, 1.165) is 10.0 Å². The minimum absolute atomic E-state index is 0.309. The van der Waals surface area contributed by atoms with Gasteiger partial charge in [-0.3, -0.25) is 5.32 Å². The maximum absolute atomic E-state index is 11.5. The van der Waals surface area contributed by atoms with Crippen LogP contribution in [-0.4, -0.2) is 12.7 Å². The number of rotatable bonds is 3. The molecule has 4 nitrogen and oxygen atoms in total. The van der Waals surface area contributed by atoms with Gasteiger partial charge in [-0.15, -0.1) is 0 Å². The second kappa shape index (κ2) is 5.91. The number of hydrogen-bond donors (Lipinski definition) is 2. The molecule has 0 radical (unpaired) electrons. The van der Waals surface area contributed by atoms with Crippen LogP contribution >= 0.6 is 15.9 Å². The number of ether oxygens (including phenoxy) is 1. The zero-order valence-electron chi connectivity index (χ0n) is 10.2. The predicted molar refractivity (Wildman–Crippen MR) is 73.1 cm³/mol. The van der Waals surface area contributed by atoms with Crippen molar-refractivity contribution in [2.75, 3.05) is 17.7 Å². The van der Waals surface area contributed by atoms with Crippen LogP contribution < -0.4 is 11.1 Å². The third-order valence-corrected chi connectivity index (χ3v) is 2.56. The first kappa shape index (κ1) is 13.8. The summed E-state index contributed by atoms with van der Waals surface area (Å²) in [7, 11) is 0.